The lowest BCUT2D eigenvalue weighted by Crippen LogP contribution is -2.26. The Labute approximate surface area is 133 Å². The molecule has 1 aliphatic carbocycles. The first-order valence-corrected chi connectivity index (χ1v) is 8.33. The summed E-state index contributed by atoms with van der Waals surface area (Å²) in [5.41, 5.74) is 0.618. The zero-order valence-corrected chi connectivity index (χ0v) is 13.7. The molecule has 0 atom stereocenters. The third kappa shape index (κ3) is 4.65. The number of carbonyl (C=O) groups is 1. The average Bonchev–Trinajstić information content (AvgIpc) is 2.56. The Morgan fingerprint density at radius 2 is 2.00 bits per heavy atom. The fraction of sp³-hybridized carbons (Fsp3) is 0.611. The molecule has 1 aliphatic rings. The Kier molecular flexibility index (Phi) is 6.56. The monoisotopic (exact) mass is 305 g/mol. The molecule has 1 fully saturated rings. The first-order chi connectivity index (χ1) is 10.7. The van der Waals surface area contributed by atoms with Crippen molar-refractivity contribution in [3.05, 3.63) is 23.8 Å². The molecular formula is C18H27NO3. The zero-order valence-electron chi connectivity index (χ0n) is 13.7. The molecule has 2 rings (SSSR count). The highest BCUT2D eigenvalue weighted by Gasteiger charge is 2.14. The van der Waals surface area contributed by atoms with Crippen LogP contribution in [-0.4, -0.2) is 26.2 Å². The van der Waals surface area contributed by atoms with Crippen LogP contribution in [0.3, 0.4) is 0 Å². The summed E-state index contributed by atoms with van der Waals surface area (Å²) in [7, 11) is 1.60. The van der Waals surface area contributed by atoms with Gasteiger partial charge in [-0.05, 0) is 37.5 Å². The van der Waals surface area contributed by atoms with Crippen molar-refractivity contribution in [3.8, 4) is 11.5 Å². The molecule has 22 heavy (non-hydrogen) atoms. The summed E-state index contributed by atoms with van der Waals surface area (Å²) in [5.74, 6) is 2.01. The fourth-order valence-electron chi connectivity index (χ4n) is 3.05. The predicted molar refractivity (Wildman–Crippen MR) is 87.7 cm³/mol. The lowest BCUT2D eigenvalue weighted by molar-refractivity contribution is 0.0950. The summed E-state index contributed by atoms with van der Waals surface area (Å²) >= 11 is 0. The van der Waals surface area contributed by atoms with Gasteiger partial charge in [-0.2, -0.15) is 0 Å². The number of methoxy groups -OCH3 is 1. The molecule has 0 aliphatic heterocycles. The fourth-order valence-corrected chi connectivity index (χ4v) is 3.05. The second kappa shape index (κ2) is 8.66. The Morgan fingerprint density at radius 1 is 1.23 bits per heavy atom. The van der Waals surface area contributed by atoms with Gasteiger partial charge in [-0.25, -0.2) is 0 Å². The minimum Gasteiger partial charge on any atom is -0.493 e. The maximum Gasteiger partial charge on any atom is 0.251 e. The normalized spacial score (nSPS) is 15.4. The maximum absolute atomic E-state index is 12.2. The van der Waals surface area contributed by atoms with E-state index in [4.69, 9.17) is 9.47 Å². The molecule has 0 heterocycles. The molecule has 0 unspecified atom stereocenters. The number of nitrogens with one attached hydrogen (secondary N) is 1. The summed E-state index contributed by atoms with van der Waals surface area (Å²) in [6, 6.07) is 5.30. The molecule has 122 valence electrons. The molecule has 1 aromatic rings. The predicted octanol–water partition coefficient (Wildman–Crippen LogP) is 3.79. The van der Waals surface area contributed by atoms with E-state index >= 15 is 0 Å². The molecule has 0 spiro atoms. The van der Waals surface area contributed by atoms with E-state index in [-0.39, 0.29) is 5.91 Å². The van der Waals surface area contributed by atoms with Gasteiger partial charge < -0.3 is 14.8 Å². The van der Waals surface area contributed by atoms with Crippen molar-refractivity contribution in [3.63, 3.8) is 0 Å². The van der Waals surface area contributed by atoms with Gasteiger partial charge in [0.25, 0.3) is 5.91 Å². The second-order valence-corrected chi connectivity index (χ2v) is 5.85. The first-order valence-electron chi connectivity index (χ1n) is 8.33. The second-order valence-electron chi connectivity index (χ2n) is 5.85. The van der Waals surface area contributed by atoms with E-state index < -0.39 is 0 Å². The minimum atomic E-state index is -0.0422. The van der Waals surface area contributed by atoms with Gasteiger partial charge in [0, 0.05) is 12.1 Å². The standard InChI is InChI=1S/C18H27NO3/c1-3-22-17-13-15(9-10-16(17)21-2)18(20)19-12-11-14-7-5-4-6-8-14/h9-10,13-14H,3-8,11-12H2,1-2H3,(H,19,20). The number of amides is 1. The Hall–Kier alpha value is -1.71. The molecule has 1 amide bonds. The number of rotatable bonds is 7. The lowest BCUT2D eigenvalue weighted by Gasteiger charge is -2.21. The maximum atomic E-state index is 12.2. The number of benzene rings is 1. The van der Waals surface area contributed by atoms with Crippen LogP contribution in [0.2, 0.25) is 0 Å². The van der Waals surface area contributed by atoms with Crippen molar-refractivity contribution in [1.29, 1.82) is 0 Å². The Morgan fingerprint density at radius 3 is 2.68 bits per heavy atom. The van der Waals surface area contributed by atoms with Gasteiger partial charge in [0.2, 0.25) is 0 Å². The van der Waals surface area contributed by atoms with Crippen molar-refractivity contribution in [1.82, 2.24) is 5.32 Å². The van der Waals surface area contributed by atoms with E-state index in [2.05, 4.69) is 5.32 Å². The molecule has 0 saturated heterocycles. The molecule has 1 saturated carbocycles. The largest absolute Gasteiger partial charge is 0.493 e. The number of hydrogen-bond acceptors (Lipinski definition) is 3. The van der Waals surface area contributed by atoms with E-state index in [1.54, 1.807) is 25.3 Å². The lowest BCUT2D eigenvalue weighted by atomic mass is 9.87. The van der Waals surface area contributed by atoms with Crippen LogP contribution in [0.25, 0.3) is 0 Å². The van der Waals surface area contributed by atoms with Gasteiger partial charge >= 0.3 is 0 Å². The highest BCUT2D eigenvalue weighted by molar-refractivity contribution is 5.94. The summed E-state index contributed by atoms with van der Waals surface area (Å²) in [6.45, 7) is 3.21. The van der Waals surface area contributed by atoms with Crippen LogP contribution in [0, 0.1) is 5.92 Å². The smallest absolute Gasteiger partial charge is 0.251 e. The van der Waals surface area contributed by atoms with E-state index in [1.807, 2.05) is 6.92 Å². The van der Waals surface area contributed by atoms with Gasteiger partial charge in [-0.1, -0.05) is 32.1 Å². The average molecular weight is 305 g/mol. The molecular weight excluding hydrogens is 278 g/mol. The zero-order chi connectivity index (χ0) is 15.8. The molecule has 0 radical (unpaired) electrons. The molecule has 0 aromatic heterocycles. The summed E-state index contributed by atoms with van der Waals surface area (Å²) in [4.78, 5) is 12.2. The first kappa shape index (κ1) is 16.7. The molecule has 4 heteroatoms. The molecule has 4 nitrogen and oxygen atoms in total. The van der Waals surface area contributed by atoms with Crippen molar-refractivity contribution in [2.24, 2.45) is 5.92 Å². The van der Waals surface area contributed by atoms with Gasteiger partial charge in [-0.15, -0.1) is 0 Å². The third-order valence-corrected chi connectivity index (χ3v) is 4.29. The highest BCUT2D eigenvalue weighted by Crippen LogP contribution is 2.28. The topological polar surface area (TPSA) is 47.6 Å². The summed E-state index contributed by atoms with van der Waals surface area (Å²) < 4.78 is 10.7. The van der Waals surface area contributed by atoms with Crippen molar-refractivity contribution in [2.45, 2.75) is 45.4 Å². The summed E-state index contributed by atoms with van der Waals surface area (Å²) in [5, 5.41) is 3.02. The number of carbonyl (C=O) groups excluding carboxylic acids is 1. The van der Waals surface area contributed by atoms with Crippen LogP contribution in [0.4, 0.5) is 0 Å². The molecule has 1 aromatic carbocycles. The number of ether oxygens (including phenoxy) is 2. The Bertz CT molecular complexity index is 481. The number of hydrogen-bond donors (Lipinski definition) is 1. The van der Waals surface area contributed by atoms with E-state index in [0.717, 1.165) is 18.9 Å². The van der Waals surface area contributed by atoms with Crippen LogP contribution in [0.15, 0.2) is 18.2 Å². The van der Waals surface area contributed by atoms with Crippen LogP contribution >= 0.6 is 0 Å². The van der Waals surface area contributed by atoms with Gasteiger partial charge in [0.15, 0.2) is 11.5 Å². The molecule has 0 bridgehead atoms. The third-order valence-electron chi connectivity index (χ3n) is 4.29. The highest BCUT2D eigenvalue weighted by atomic mass is 16.5. The van der Waals surface area contributed by atoms with Crippen LogP contribution < -0.4 is 14.8 Å². The quantitative estimate of drug-likeness (QED) is 0.833. The van der Waals surface area contributed by atoms with Gasteiger partial charge in [0.05, 0.1) is 13.7 Å². The Balaban J connectivity index is 1.87. The van der Waals surface area contributed by atoms with Crippen molar-refractivity contribution >= 4 is 5.91 Å². The van der Waals surface area contributed by atoms with Crippen LogP contribution in [0.1, 0.15) is 55.8 Å². The van der Waals surface area contributed by atoms with Crippen LogP contribution in [0.5, 0.6) is 11.5 Å². The van der Waals surface area contributed by atoms with Crippen molar-refractivity contribution in [2.75, 3.05) is 20.3 Å². The van der Waals surface area contributed by atoms with Crippen molar-refractivity contribution < 1.29 is 14.3 Å². The summed E-state index contributed by atoms with van der Waals surface area (Å²) in [6.07, 6.45) is 7.76. The molecule has 1 N–H and O–H groups in total. The van der Waals surface area contributed by atoms with E-state index in [9.17, 15) is 4.79 Å². The minimum absolute atomic E-state index is 0.0422. The van der Waals surface area contributed by atoms with Gasteiger partial charge in [0.1, 0.15) is 0 Å². The SMILES string of the molecule is CCOc1cc(C(=O)NCCC2CCCCC2)ccc1OC. The van der Waals surface area contributed by atoms with Gasteiger partial charge in [-0.3, -0.25) is 4.79 Å². The van der Waals surface area contributed by atoms with E-state index in [1.165, 1.54) is 32.1 Å². The van der Waals surface area contributed by atoms with Crippen LogP contribution in [-0.2, 0) is 0 Å². The van der Waals surface area contributed by atoms with E-state index in [0.29, 0.717) is 23.7 Å².